The van der Waals surface area contributed by atoms with E-state index in [0.29, 0.717) is 43.3 Å². The molecule has 0 aliphatic carbocycles. The molecule has 0 radical (unpaired) electrons. The fourth-order valence-corrected chi connectivity index (χ4v) is 4.24. The van der Waals surface area contributed by atoms with Crippen LogP contribution in [-0.4, -0.2) is 53.4 Å². The highest BCUT2D eigenvalue weighted by atomic mass is 19.4. The Morgan fingerprint density at radius 2 is 1.63 bits per heavy atom. The number of hydrogen-bond donors (Lipinski definition) is 3. The maximum absolute atomic E-state index is 12.9. The van der Waals surface area contributed by atoms with Crippen LogP contribution in [0.5, 0.6) is 17.5 Å². The van der Waals surface area contributed by atoms with Gasteiger partial charge in [-0.1, -0.05) is 44.7 Å². The van der Waals surface area contributed by atoms with E-state index in [1.165, 1.54) is 0 Å². The van der Waals surface area contributed by atoms with Gasteiger partial charge >= 0.3 is 12.2 Å². The molecule has 0 spiro atoms. The molecule has 10 nitrogen and oxygen atoms in total. The van der Waals surface area contributed by atoms with Gasteiger partial charge in [-0.15, -0.1) is 0 Å². The van der Waals surface area contributed by atoms with Gasteiger partial charge in [0.05, 0.1) is 18.8 Å². The number of nitrogens with one attached hydrogen (secondary N) is 3. The molecule has 232 valence electrons. The largest absolute Gasteiger partial charge is 0.494 e. The summed E-state index contributed by atoms with van der Waals surface area (Å²) in [5.41, 5.74) is 1.73. The molecule has 2 aliphatic rings. The fraction of sp³-hybridized carbons (Fsp3) is 0.467. The lowest BCUT2D eigenvalue weighted by molar-refractivity contribution is -0.154. The topological polar surface area (TPSA) is 120 Å². The SMILES string of the molecule is CCCNC(=O)c1ccc2cc1OCCCCCCCCOc1ccc(cc1)CNc1nc(nc(OCC(F)(F)F)n1)N2. The predicted octanol–water partition coefficient (Wildman–Crippen LogP) is 6.42. The average molecular weight is 603 g/mol. The number of carbonyl (C=O) groups excluding carboxylic acids is 1. The van der Waals surface area contributed by atoms with Crippen LogP contribution in [0.3, 0.4) is 0 Å². The Kier molecular flexibility index (Phi) is 11.6. The smallest absolute Gasteiger partial charge is 0.422 e. The van der Waals surface area contributed by atoms with Crippen LogP contribution in [0.2, 0.25) is 0 Å². The van der Waals surface area contributed by atoms with Crippen LogP contribution in [0.4, 0.5) is 30.8 Å². The van der Waals surface area contributed by atoms with Crippen molar-refractivity contribution in [1.82, 2.24) is 20.3 Å². The van der Waals surface area contributed by atoms with Crippen LogP contribution in [0, 0.1) is 0 Å². The molecule has 0 saturated heterocycles. The molecular formula is C30H37F3N6O4. The van der Waals surface area contributed by atoms with Crippen molar-refractivity contribution in [2.75, 3.05) is 37.0 Å². The summed E-state index contributed by atoms with van der Waals surface area (Å²) in [6, 6.07) is 11.9. The molecule has 0 atom stereocenters. The van der Waals surface area contributed by atoms with Gasteiger partial charge in [-0.05, 0) is 49.1 Å². The van der Waals surface area contributed by atoms with Crippen molar-refractivity contribution >= 4 is 23.5 Å². The number of fused-ring (bicyclic) bond motifs is 12. The average Bonchev–Trinajstić information content (AvgIpc) is 2.98. The van der Waals surface area contributed by atoms with Crippen molar-refractivity contribution < 1.29 is 32.2 Å². The number of amides is 1. The summed E-state index contributed by atoms with van der Waals surface area (Å²) in [4.78, 5) is 25.1. The lowest BCUT2D eigenvalue weighted by Crippen LogP contribution is -2.24. The van der Waals surface area contributed by atoms with E-state index in [4.69, 9.17) is 14.2 Å². The molecular weight excluding hydrogens is 565 g/mol. The molecule has 2 aliphatic heterocycles. The molecule has 1 amide bonds. The number of carbonyl (C=O) groups is 1. The number of alkyl halides is 3. The van der Waals surface area contributed by atoms with Gasteiger partial charge in [0.2, 0.25) is 11.9 Å². The zero-order chi connectivity index (χ0) is 30.5. The van der Waals surface area contributed by atoms with Gasteiger partial charge in [0.1, 0.15) is 11.5 Å². The number of nitrogens with zero attached hydrogens (tertiary/aromatic N) is 3. The third-order valence-corrected chi connectivity index (χ3v) is 6.44. The van der Waals surface area contributed by atoms with E-state index in [-0.39, 0.29) is 17.8 Å². The zero-order valence-electron chi connectivity index (χ0n) is 24.1. The van der Waals surface area contributed by atoms with Gasteiger partial charge in [-0.25, -0.2) is 0 Å². The second-order valence-electron chi connectivity index (χ2n) is 10.1. The van der Waals surface area contributed by atoms with Crippen LogP contribution in [0.1, 0.15) is 67.8 Å². The summed E-state index contributed by atoms with van der Waals surface area (Å²) in [7, 11) is 0. The predicted molar refractivity (Wildman–Crippen MR) is 156 cm³/mol. The van der Waals surface area contributed by atoms with Crippen LogP contribution >= 0.6 is 0 Å². The number of ether oxygens (including phenoxy) is 3. The molecule has 3 aromatic rings. The number of rotatable bonds is 5. The fourth-order valence-electron chi connectivity index (χ4n) is 4.24. The monoisotopic (exact) mass is 602 g/mol. The Morgan fingerprint density at radius 3 is 2.35 bits per heavy atom. The lowest BCUT2D eigenvalue weighted by Gasteiger charge is -2.15. The number of benzene rings is 2. The highest BCUT2D eigenvalue weighted by Gasteiger charge is 2.29. The maximum atomic E-state index is 12.9. The molecule has 0 fully saturated rings. The second-order valence-corrected chi connectivity index (χ2v) is 10.1. The lowest BCUT2D eigenvalue weighted by atomic mass is 10.1. The van der Waals surface area contributed by atoms with E-state index in [1.54, 1.807) is 18.2 Å². The quantitative estimate of drug-likeness (QED) is 0.304. The van der Waals surface area contributed by atoms with Gasteiger partial charge in [0, 0.05) is 24.8 Å². The van der Waals surface area contributed by atoms with Crippen molar-refractivity contribution in [3.63, 3.8) is 0 Å². The molecule has 0 saturated carbocycles. The van der Waals surface area contributed by atoms with Gasteiger partial charge in [0.15, 0.2) is 6.61 Å². The molecule has 3 N–H and O–H groups in total. The second kappa shape index (κ2) is 15.8. The molecule has 13 heteroatoms. The van der Waals surface area contributed by atoms with Gasteiger partial charge < -0.3 is 30.2 Å². The first-order chi connectivity index (χ1) is 20.8. The van der Waals surface area contributed by atoms with E-state index in [9.17, 15) is 18.0 Å². The Balaban J connectivity index is 1.61. The van der Waals surface area contributed by atoms with E-state index >= 15 is 0 Å². The summed E-state index contributed by atoms with van der Waals surface area (Å²) in [6.45, 7) is 2.27. The Morgan fingerprint density at radius 1 is 0.930 bits per heavy atom. The summed E-state index contributed by atoms with van der Waals surface area (Å²) in [5.74, 6) is 0.841. The normalized spacial score (nSPS) is 14.8. The number of anilines is 3. The summed E-state index contributed by atoms with van der Waals surface area (Å²) in [6.07, 6.45) is 2.20. The molecule has 6 bridgehead atoms. The van der Waals surface area contributed by atoms with E-state index in [0.717, 1.165) is 56.3 Å². The first kappa shape index (κ1) is 31.6. The molecule has 43 heavy (non-hydrogen) atoms. The molecule has 1 aromatic heterocycles. The minimum absolute atomic E-state index is 0.0143. The van der Waals surface area contributed by atoms with Gasteiger partial charge in [-0.2, -0.15) is 28.1 Å². The van der Waals surface area contributed by atoms with Crippen LogP contribution in [-0.2, 0) is 6.54 Å². The van der Waals surface area contributed by atoms with Crippen LogP contribution in [0.15, 0.2) is 42.5 Å². The Hall–Kier alpha value is -4.29. The van der Waals surface area contributed by atoms with Crippen LogP contribution in [0.25, 0.3) is 0 Å². The summed E-state index contributed by atoms with van der Waals surface area (Å²) in [5, 5.41) is 8.85. The number of hydrogen-bond acceptors (Lipinski definition) is 9. The van der Waals surface area contributed by atoms with Crippen LogP contribution < -0.4 is 30.2 Å². The minimum Gasteiger partial charge on any atom is -0.494 e. The molecule has 5 rings (SSSR count). The first-order valence-electron chi connectivity index (χ1n) is 14.5. The van der Waals surface area contributed by atoms with E-state index in [1.807, 2.05) is 31.2 Å². The van der Waals surface area contributed by atoms with Gasteiger partial charge in [0.25, 0.3) is 5.91 Å². The zero-order valence-corrected chi connectivity index (χ0v) is 24.1. The molecule has 0 unspecified atom stereocenters. The first-order valence-corrected chi connectivity index (χ1v) is 14.5. The highest BCUT2D eigenvalue weighted by molar-refractivity contribution is 5.97. The minimum atomic E-state index is -4.57. The Labute approximate surface area is 248 Å². The van der Waals surface area contributed by atoms with E-state index < -0.39 is 18.8 Å². The number of halogens is 3. The molecule has 3 heterocycles. The van der Waals surface area contributed by atoms with E-state index in [2.05, 4.69) is 30.9 Å². The van der Waals surface area contributed by atoms with Crippen molar-refractivity contribution in [1.29, 1.82) is 0 Å². The van der Waals surface area contributed by atoms with Crippen molar-refractivity contribution in [3.05, 3.63) is 53.6 Å². The standard InChI is InChI=1S/C30H37F3N6O4/c1-2-15-34-26(40)24-14-11-22-18-25(24)42-17-8-6-4-3-5-7-16-41-23-12-9-21(10-13-23)19-35-27-37-28(36-22)39-29(38-27)43-20-30(31,32)33/h9-14,18H,2-8,15-17,19-20H2,1H3,(H,34,40)(H2,35,36,37,38,39). The summed E-state index contributed by atoms with van der Waals surface area (Å²) < 4.78 is 55.3. The van der Waals surface area contributed by atoms with Crippen molar-refractivity contribution in [2.45, 2.75) is 64.6 Å². The molecule has 2 aromatic carbocycles. The van der Waals surface area contributed by atoms with Crippen molar-refractivity contribution in [3.8, 4) is 17.5 Å². The third-order valence-electron chi connectivity index (χ3n) is 6.44. The van der Waals surface area contributed by atoms with Crippen molar-refractivity contribution in [2.24, 2.45) is 0 Å². The highest BCUT2D eigenvalue weighted by Crippen LogP contribution is 2.27. The summed E-state index contributed by atoms with van der Waals surface area (Å²) >= 11 is 0. The number of aromatic nitrogens is 3. The van der Waals surface area contributed by atoms with Gasteiger partial charge in [-0.3, -0.25) is 4.79 Å². The third kappa shape index (κ3) is 10.8. The Bertz CT molecular complexity index is 1320. The maximum Gasteiger partial charge on any atom is 0.422 e.